The lowest BCUT2D eigenvalue weighted by Crippen LogP contribution is -2.24. The second-order valence-electron chi connectivity index (χ2n) is 6.38. The molecule has 0 radical (unpaired) electrons. The smallest absolute Gasteiger partial charge is 0.261 e. The molecular formula is C21H15BrN2O4. The SMILES string of the molecule is COc1c(C(=O)Nc2ccc3c(c2)C(=O)N(C)C3=O)cc2ccccc2c1Br. The summed E-state index contributed by atoms with van der Waals surface area (Å²) in [5, 5.41) is 4.60. The van der Waals surface area contributed by atoms with Gasteiger partial charge in [-0.25, -0.2) is 0 Å². The second kappa shape index (κ2) is 6.76. The van der Waals surface area contributed by atoms with Crippen LogP contribution in [0.2, 0.25) is 0 Å². The van der Waals surface area contributed by atoms with Gasteiger partial charge in [0, 0.05) is 12.7 Å². The molecular weight excluding hydrogens is 424 g/mol. The first-order valence-electron chi connectivity index (χ1n) is 8.45. The maximum Gasteiger partial charge on any atom is 0.261 e. The Kier molecular flexibility index (Phi) is 4.39. The molecule has 3 aromatic rings. The van der Waals surface area contributed by atoms with E-state index in [1.165, 1.54) is 20.2 Å². The minimum atomic E-state index is -0.387. The van der Waals surface area contributed by atoms with E-state index in [2.05, 4.69) is 21.2 Å². The highest BCUT2D eigenvalue weighted by Gasteiger charge is 2.33. The van der Waals surface area contributed by atoms with E-state index < -0.39 is 0 Å². The third kappa shape index (κ3) is 2.75. The Labute approximate surface area is 169 Å². The number of amides is 3. The highest BCUT2D eigenvalue weighted by atomic mass is 79.9. The third-order valence-corrected chi connectivity index (χ3v) is 5.52. The number of halogens is 1. The molecule has 3 aromatic carbocycles. The fourth-order valence-corrected chi connectivity index (χ4v) is 4.03. The Morgan fingerprint density at radius 1 is 1.04 bits per heavy atom. The molecule has 7 heteroatoms. The zero-order valence-corrected chi connectivity index (χ0v) is 16.7. The number of methoxy groups -OCH3 is 1. The van der Waals surface area contributed by atoms with E-state index in [1.807, 2.05) is 24.3 Å². The number of carbonyl (C=O) groups excluding carboxylic acids is 3. The molecule has 4 rings (SSSR count). The largest absolute Gasteiger partial charge is 0.495 e. The van der Waals surface area contributed by atoms with Crippen molar-refractivity contribution in [3.63, 3.8) is 0 Å². The minimum absolute atomic E-state index is 0.275. The van der Waals surface area contributed by atoms with Gasteiger partial charge in [0.25, 0.3) is 17.7 Å². The van der Waals surface area contributed by atoms with Gasteiger partial charge in [-0.3, -0.25) is 19.3 Å². The van der Waals surface area contributed by atoms with Crippen LogP contribution >= 0.6 is 15.9 Å². The van der Waals surface area contributed by atoms with E-state index in [-0.39, 0.29) is 23.3 Å². The van der Waals surface area contributed by atoms with Gasteiger partial charge >= 0.3 is 0 Å². The van der Waals surface area contributed by atoms with Crippen LogP contribution in [0.1, 0.15) is 31.1 Å². The van der Waals surface area contributed by atoms with Crippen LogP contribution in [-0.2, 0) is 0 Å². The average Bonchev–Trinajstić information content (AvgIpc) is 2.92. The van der Waals surface area contributed by atoms with Crippen LogP contribution in [0.5, 0.6) is 5.75 Å². The summed E-state index contributed by atoms with van der Waals surface area (Å²) < 4.78 is 6.14. The molecule has 0 aliphatic carbocycles. The summed E-state index contributed by atoms with van der Waals surface area (Å²) in [5.74, 6) is -0.697. The first-order valence-corrected chi connectivity index (χ1v) is 9.24. The van der Waals surface area contributed by atoms with Gasteiger partial charge in [-0.2, -0.15) is 0 Å². The number of benzene rings is 3. The van der Waals surface area contributed by atoms with Crippen LogP contribution in [0.25, 0.3) is 10.8 Å². The summed E-state index contributed by atoms with van der Waals surface area (Å²) in [7, 11) is 2.93. The van der Waals surface area contributed by atoms with Gasteiger partial charge in [-0.05, 0) is 51.0 Å². The molecule has 28 heavy (non-hydrogen) atoms. The molecule has 140 valence electrons. The molecule has 0 saturated heterocycles. The van der Waals surface area contributed by atoms with Crippen molar-refractivity contribution < 1.29 is 19.1 Å². The molecule has 1 aliphatic heterocycles. The summed E-state index contributed by atoms with van der Waals surface area (Å²) in [6.07, 6.45) is 0. The van der Waals surface area contributed by atoms with Crippen LogP contribution in [0.3, 0.4) is 0 Å². The topological polar surface area (TPSA) is 75.7 Å². The number of ether oxygens (including phenoxy) is 1. The van der Waals surface area contributed by atoms with Crippen molar-refractivity contribution in [3.8, 4) is 5.75 Å². The van der Waals surface area contributed by atoms with E-state index in [0.717, 1.165) is 15.7 Å². The highest BCUT2D eigenvalue weighted by molar-refractivity contribution is 9.10. The zero-order chi connectivity index (χ0) is 20.0. The molecule has 6 nitrogen and oxygen atoms in total. The Bertz CT molecular complexity index is 1170. The van der Waals surface area contributed by atoms with Gasteiger partial charge in [-0.15, -0.1) is 0 Å². The zero-order valence-electron chi connectivity index (χ0n) is 15.1. The number of anilines is 1. The molecule has 0 spiro atoms. The number of nitrogens with zero attached hydrogens (tertiary/aromatic N) is 1. The standard InChI is InChI=1S/C21H15BrN2O4/c1-24-20(26)14-8-7-12(10-15(14)21(24)27)23-19(25)16-9-11-5-3-4-6-13(11)17(22)18(16)28-2/h3-10H,1-2H3,(H,23,25). The van der Waals surface area contributed by atoms with Crippen molar-refractivity contribution in [1.29, 1.82) is 0 Å². The molecule has 1 aliphatic rings. The lowest BCUT2D eigenvalue weighted by atomic mass is 10.0. The lowest BCUT2D eigenvalue weighted by molar-refractivity contribution is 0.0692. The van der Waals surface area contributed by atoms with E-state index in [4.69, 9.17) is 4.74 Å². The van der Waals surface area contributed by atoms with Gasteiger partial charge in [0.2, 0.25) is 0 Å². The molecule has 3 amide bonds. The van der Waals surface area contributed by atoms with Crippen LogP contribution in [0.15, 0.2) is 53.0 Å². The summed E-state index contributed by atoms with van der Waals surface area (Å²) in [5.41, 5.74) is 1.38. The molecule has 0 atom stereocenters. The van der Waals surface area contributed by atoms with Crippen molar-refractivity contribution in [1.82, 2.24) is 4.90 Å². The number of nitrogens with one attached hydrogen (secondary N) is 1. The molecule has 0 fully saturated rings. The normalized spacial score (nSPS) is 13.0. The van der Waals surface area contributed by atoms with Gasteiger partial charge in [0.15, 0.2) is 0 Å². The maximum atomic E-state index is 12.9. The van der Waals surface area contributed by atoms with Gasteiger partial charge in [0.1, 0.15) is 5.75 Å². The number of hydrogen-bond acceptors (Lipinski definition) is 4. The Morgan fingerprint density at radius 3 is 2.50 bits per heavy atom. The summed E-state index contributed by atoms with van der Waals surface area (Å²) in [6, 6.07) is 14.1. The number of rotatable bonds is 3. The number of imide groups is 1. The van der Waals surface area contributed by atoms with Crippen molar-refractivity contribution in [2.45, 2.75) is 0 Å². The van der Waals surface area contributed by atoms with Crippen molar-refractivity contribution in [2.24, 2.45) is 0 Å². The summed E-state index contributed by atoms with van der Waals surface area (Å²) in [6.45, 7) is 0. The van der Waals surface area contributed by atoms with Crippen molar-refractivity contribution in [2.75, 3.05) is 19.5 Å². The molecule has 0 unspecified atom stereocenters. The number of fused-ring (bicyclic) bond motifs is 2. The predicted octanol–water partition coefficient (Wildman–Crippen LogP) is 4.09. The monoisotopic (exact) mass is 438 g/mol. The van der Waals surface area contributed by atoms with Crippen LogP contribution in [-0.4, -0.2) is 36.8 Å². The molecule has 1 heterocycles. The quantitative estimate of drug-likeness (QED) is 0.624. The van der Waals surface area contributed by atoms with Gasteiger partial charge in [-0.1, -0.05) is 24.3 Å². The summed E-state index contributed by atoms with van der Waals surface area (Å²) >= 11 is 3.52. The number of carbonyl (C=O) groups is 3. The fraction of sp³-hybridized carbons (Fsp3) is 0.0952. The highest BCUT2D eigenvalue weighted by Crippen LogP contribution is 2.37. The predicted molar refractivity (Wildman–Crippen MR) is 109 cm³/mol. The summed E-state index contributed by atoms with van der Waals surface area (Å²) in [4.78, 5) is 38.2. The van der Waals surface area contributed by atoms with Crippen molar-refractivity contribution in [3.05, 3.63) is 69.7 Å². The first kappa shape index (κ1) is 18.2. The molecule has 1 N–H and O–H groups in total. The van der Waals surface area contributed by atoms with E-state index in [9.17, 15) is 14.4 Å². The van der Waals surface area contributed by atoms with E-state index >= 15 is 0 Å². The second-order valence-corrected chi connectivity index (χ2v) is 7.17. The Balaban J connectivity index is 1.72. The lowest BCUT2D eigenvalue weighted by Gasteiger charge is -2.14. The Morgan fingerprint density at radius 2 is 1.75 bits per heavy atom. The fourth-order valence-electron chi connectivity index (χ4n) is 3.29. The van der Waals surface area contributed by atoms with E-state index in [1.54, 1.807) is 18.2 Å². The molecule has 0 saturated carbocycles. The minimum Gasteiger partial charge on any atom is -0.495 e. The van der Waals surface area contributed by atoms with Crippen molar-refractivity contribution >= 4 is 50.1 Å². The Hall–Kier alpha value is -3.19. The number of hydrogen-bond donors (Lipinski definition) is 1. The first-order chi connectivity index (χ1) is 13.4. The maximum absolute atomic E-state index is 12.9. The molecule has 0 bridgehead atoms. The molecule has 0 aromatic heterocycles. The third-order valence-electron chi connectivity index (χ3n) is 4.74. The van der Waals surface area contributed by atoms with Gasteiger partial charge in [0.05, 0.1) is 28.3 Å². The average molecular weight is 439 g/mol. The van der Waals surface area contributed by atoms with Crippen LogP contribution in [0.4, 0.5) is 5.69 Å². The van der Waals surface area contributed by atoms with Crippen LogP contribution in [0, 0.1) is 0 Å². The van der Waals surface area contributed by atoms with Gasteiger partial charge < -0.3 is 10.1 Å². The van der Waals surface area contributed by atoms with E-state index in [0.29, 0.717) is 27.0 Å². The van der Waals surface area contributed by atoms with Crippen LogP contribution < -0.4 is 10.1 Å².